The Labute approximate surface area is 205 Å². The number of nitrogens with one attached hydrogen (secondary N) is 1. The molecule has 1 aliphatic carbocycles. The van der Waals surface area contributed by atoms with Crippen LogP contribution in [0.2, 0.25) is 0 Å². The monoisotopic (exact) mass is 475 g/mol. The molecule has 0 unspecified atom stereocenters. The largest absolute Gasteiger partial charge is 0.394 e. The minimum absolute atomic E-state index is 0.0730. The number of anilines is 1. The van der Waals surface area contributed by atoms with Gasteiger partial charge in [0.25, 0.3) is 0 Å². The van der Waals surface area contributed by atoms with Crippen molar-refractivity contribution in [2.75, 3.05) is 25.0 Å². The second kappa shape index (κ2) is 10.1. The molecule has 3 fully saturated rings. The number of rotatable bonds is 4. The van der Waals surface area contributed by atoms with E-state index in [-0.39, 0.29) is 37.1 Å². The minimum Gasteiger partial charge on any atom is -0.394 e. The van der Waals surface area contributed by atoms with Crippen molar-refractivity contribution in [3.63, 3.8) is 0 Å². The first-order valence-electron chi connectivity index (χ1n) is 12.4. The van der Waals surface area contributed by atoms with Gasteiger partial charge in [0, 0.05) is 30.1 Å². The zero-order chi connectivity index (χ0) is 24.4. The predicted octanol–water partition coefficient (Wildman–Crippen LogP) is 3.96. The molecule has 3 amide bonds. The number of urea groups is 1. The lowest BCUT2D eigenvalue weighted by atomic mass is 9.73. The SMILES string of the molecule is O=C(Nc1cccc(F)c1)N1CC(=O)N2[C@H](CO)[C@@H](c3ccc(C#CCC4CCCC4)cc3)[C@@H]2C1. The lowest BCUT2D eigenvalue weighted by Gasteiger charge is -2.58. The quantitative estimate of drug-likeness (QED) is 0.658. The van der Waals surface area contributed by atoms with Crippen LogP contribution in [0.3, 0.4) is 0 Å². The molecular weight excluding hydrogens is 445 g/mol. The average Bonchev–Trinajstić information content (AvgIpc) is 3.35. The van der Waals surface area contributed by atoms with Crippen LogP contribution in [0.5, 0.6) is 0 Å². The van der Waals surface area contributed by atoms with E-state index in [1.54, 1.807) is 11.0 Å². The van der Waals surface area contributed by atoms with Gasteiger partial charge in [0.1, 0.15) is 12.4 Å². The number of aliphatic hydroxyl groups excluding tert-OH is 1. The van der Waals surface area contributed by atoms with Gasteiger partial charge in [-0.1, -0.05) is 42.9 Å². The fraction of sp³-hybridized carbons (Fsp3) is 0.429. The maximum atomic E-state index is 13.5. The van der Waals surface area contributed by atoms with Gasteiger partial charge in [-0.3, -0.25) is 4.79 Å². The Morgan fingerprint density at radius 3 is 2.63 bits per heavy atom. The predicted molar refractivity (Wildman–Crippen MR) is 131 cm³/mol. The van der Waals surface area contributed by atoms with Crippen molar-refractivity contribution in [1.82, 2.24) is 9.80 Å². The van der Waals surface area contributed by atoms with Crippen LogP contribution in [0.4, 0.5) is 14.9 Å². The Morgan fingerprint density at radius 2 is 1.91 bits per heavy atom. The second-order valence-corrected chi connectivity index (χ2v) is 9.74. The molecule has 2 aromatic rings. The topological polar surface area (TPSA) is 72.9 Å². The van der Waals surface area contributed by atoms with Gasteiger partial charge in [-0.15, -0.1) is 0 Å². The molecule has 3 atom stereocenters. The third kappa shape index (κ3) is 4.89. The number of benzene rings is 2. The normalized spacial score (nSPS) is 23.8. The Morgan fingerprint density at radius 1 is 1.14 bits per heavy atom. The number of fused-ring (bicyclic) bond motifs is 1. The van der Waals surface area contributed by atoms with Crippen molar-refractivity contribution >= 4 is 17.6 Å². The maximum Gasteiger partial charge on any atom is 0.322 e. The third-order valence-electron chi connectivity index (χ3n) is 7.51. The van der Waals surface area contributed by atoms with Crippen LogP contribution in [0.25, 0.3) is 0 Å². The maximum absolute atomic E-state index is 13.5. The lowest BCUT2D eigenvalue weighted by Crippen LogP contribution is -2.73. The number of piperazine rings is 1. The lowest BCUT2D eigenvalue weighted by molar-refractivity contribution is -0.159. The Balaban J connectivity index is 1.26. The molecule has 6 nitrogen and oxygen atoms in total. The highest BCUT2D eigenvalue weighted by atomic mass is 19.1. The van der Waals surface area contributed by atoms with E-state index in [4.69, 9.17) is 0 Å². The fourth-order valence-electron chi connectivity index (χ4n) is 5.72. The number of hydrogen-bond donors (Lipinski definition) is 2. The number of halogens is 1. The van der Waals surface area contributed by atoms with Gasteiger partial charge in [0.15, 0.2) is 0 Å². The summed E-state index contributed by atoms with van der Waals surface area (Å²) in [5.74, 6) is 6.60. The van der Waals surface area contributed by atoms with Gasteiger partial charge >= 0.3 is 6.03 Å². The van der Waals surface area contributed by atoms with Crippen molar-refractivity contribution in [1.29, 1.82) is 0 Å². The molecule has 35 heavy (non-hydrogen) atoms. The first-order valence-corrected chi connectivity index (χ1v) is 12.4. The Hall–Kier alpha value is -3.37. The van der Waals surface area contributed by atoms with Crippen LogP contribution in [0.1, 0.15) is 49.1 Å². The van der Waals surface area contributed by atoms with E-state index in [2.05, 4.69) is 17.2 Å². The van der Waals surface area contributed by atoms with Crippen molar-refractivity contribution in [3.05, 3.63) is 65.5 Å². The van der Waals surface area contributed by atoms with Crippen LogP contribution >= 0.6 is 0 Å². The fourth-order valence-corrected chi connectivity index (χ4v) is 5.72. The van der Waals surface area contributed by atoms with Gasteiger partial charge < -0.3 is 20.2 Å². The van der Waals surface area contributed by atoms with E-state index < -0.39 is 11.8 Å². The molecule has 2 saturated heterocycles. The molecule has 7 heteroatoms. The second-order valence-electron chi connectivity index (χ2n) is 9.74. The number of hydrogen-bond acceptors (Lipinski definition) is 3. The van der Waals surface area contributed by atoms with E-state index in [1.807, 2.05) is 24.3 Å². The smallest absolute Gasteiger partial charge is 0.322 e. The van der Waals surface area contributed by atoms with Crippen molar-refractivity contribution < 1.29 is 19.1 Å². The van der Waals surface area contributed by atoms with Crippen LogP contribution < -0.4 is 5.32 Å². The summed E-state index contributed by atoms with van der Waals surface area (Å²) in [4.78, 5) is 28.8. The molecule has 3 aliphatic rings. The zero-order valence-corrected chi connectivity index (χ0v) is 19.6. The summed E-state index contributed by atoms with van der Waals surface area (Å²) in [6.45, 7) is 0.138. The van der Waals surface area contributed by atoms with Crippen molar-refractivity contribution in [3.8, 4) is 11.8 Å². The minimum atomic E-state index is -0.444. The average molecular weight is 476 g/mol. The summed E-state index contributed by atoms with van der Waals surface area (Å²) < 4.78 is 13.5. The number of amides is 3. The molecule has 2 N–H and O–H groups in total. The highest BCUT2D eigenvalue weighted by Crippen LogP contribution is 2.43. The highest BCUT2D eigenvalue weighted by molar-refractivity contribution is 5.93. The Kier molecular flexibility index (Phi) is 6.74. The summed E-state index contributed by atoms with van der Waals surface area (Å²) >= 11 is 0. The molecule has 5 rings (SSSR count). The van der Waals surface area contributed by atoms with E-state index >= 15 is 0 Å². The van der Waals surface area contributed by atoms with Crippen LogP contribution in [0, 0.1) is 23.6 Å². The molecule has 0 aromatic heterocycles. The summed E-state index contributed by atoms with van der Waals surface area (Å²) in [6, 6.07) is 12.7. The zero-order valence-electron chi connectivity index (χ0n) is 19.6. The van der Waals surface area contributed by atoms with Crippen LogP contribution in [0.15, 0.2) is 48.5 Å². The van der Waals surface area contributed by atoms with Crippen LogP contribution in [-0.4, -0.2) is 58.6 Å². The molecule has 2 heterocycles. The van der Waals surface area contributed by atoms with E-state index in [0.29, 0.717) is 12.2 Å². The molecule has 0 radical (unpaired) electrons. The van der Waals surface area contributed by atoms with Gasteiger partial charge in [0.05, 0.1) is 18.7 Å². The summed E-state index contributed by atoms with van der Waals surface area (Å²) in [5, 5.41) is 12.7. The van der Waals surface area contributed by atoms with Gasteiger partial charge in [-0.05, 0) is 54.7 Å². The molecule has 0 spiro atoms. The summed E-state index contributed by atoms with van der Waals surface area (Å²) in [7, 11) is 0. The summed E-state index contributed by atoms with van der Waals surface area (Å²) in [6.07, 6.45) is 6.15. The number of nitrogens with zero attached hydrogens (tertiary/aromatic N) is 2. The van der Waals surface area contributed by atoms with Gasteiger partial charge in [-0.25, -0.2) is 9.18 Å². The molecule has 2 aliphatic heterocycles. The van der Waals surface area contributed by atoms with Crippen molar-refractivity contribution in [2.24, 2.45) is 5.92 Å². The number of carbonyl (C=O) groups excluding carboxylic acids is 2. The first-order chi connectivity index (χ1) is 17.0. The first kappa shape index (κ1) is 23.4. The molecular formula is C28H30FN3O3. The van der Waals surface area contributed by atoms with E-state index in [9.17, 15) is 19.1 Å². The molecule has 2 aromatic carbocycles. The molecule has 182 valence electrons. The summed E-state index contributed by atoms with van der Waals surface area (Å²) in [5.41, 5.74) is 2.32. The number of carbonyl (C=O) groups is 2. The highest BCUT2D eigenvalue weighted by Gasteiger charge is 2.54. The van der Waals surface area contributed by atoms with E-state index in [1.165, 1.54) is 48.8 Å². The Bertz CT molecular complexity index is 1150. The standard InChI is InChI=1S/C28H30FN3O3/c29-22-9-4-10-23(15-22)30-28(35)31-16-24-27(25(18-33)32(24)26(34)17-31)21-13-11-20(12-14-21)8-3-7-19-5-1-2-6-19/h4,9-15,19,24-25,27,33H,1-2,5-7,16-18H2,(H,30,35)/t24-,25+,27-/m0/s1. The number of aliphatic hydroxyl groups is 1. The molecule has 1 saturated carbocycles. The van der Waals surface area contributed by atoms with E-state index in [0.717, 1.165) is 23.5 Å². The molecule has 0 bridgehead atoms. The van der Waals surface area contributed by atoms with Crippen LogP contribution in [-0.2, 0) is 4.79 Å². The van der Waals surface area contributed by atoms with Gasteiger partial charge in [0.2, 0.25) is 5.91 Å². The van der Waals surface area contributed by atoms with Crippen molar-refractivity contribution in [2.45, 2.75) is 50.1 Å². The third-order valence-corrected chi connectivity index (χ3v) is 7.51. The van der Waals surface area contributed by atoms with Gasteiger partial charge in [-0.2, -0.15) is 0 Å².